The van der Waals surface area contributed by atoms with Crippen molar-refractivity contribution in [2.24, 2.45) is 5.92 Å². The number of aromatic nitrogens is 1. The minimum atomic E-state index is -1.41. The number of carbonyl (C=O) groups is 4. The van der Waals surface area contributed by atoms with E-state index in [2.05, 4.69) is 15.6 Å². The number of hydrogen-bond acceptors (Lipinski definition) is 7. The Morgan fingerprint density at radius 1 is 1.14 bits per heavy atom. The molecule has 0 radical (unpaired) electrons. The van der Waals surface area contributed by atoms with Crippen molar-refractivity contribution in [1.29, 1.82) is 0 Å². The number of rotatable bonds is 4. The van der Waals surface area contributed by atoms with Gasteiger partial charge in [0.05, 0.1) is 6.54 Å². The predicted molar refractivity (Wildman–Crippen MR) is 158 cm³/mol. The Bertz CT molecular complexity index is 1410. The highest BCUT2D eigenvalue weighted by Gasteiger charge is 2.61. The second-order valence-electron chi connectivity index (χ2n) is 12.7. The van der Waals surface area contributed by atoms with Gasteiger partial charge < -0.3 is 30.1 Å². The lowest BCUT2D eigenvalue weighted by Gasteiger charge is -2.30. The standard InChI is InChI=1S/C32H40N4O7/c1-31(2,3)43-30(41)34-24-14-8-6-4-5-7-12-21-18-32(21,29(39)40)35-26(37)25-17-22(19-36(25)28(24)38)42-27-23-13-10-9-11-20(23)15-16-33-27/h7,9-13,15-16,21-22,24-25H,4-6,8,14,17-19H2,1-3H3,(H,34,41)(H,35,37)(H,39,40)/b12-7-/t21-,22-,24+,25+,32-/m1/s1. The molecule has 5 atom stereocenters. The first kappa shape index (κ1) is 30.3. The molecule has 43 heavy (non-hydrogen) atoms. The number of alkyl carbamates (subject to hydrolysis) is 1. The van der Waals surface area contributed by atoms with Crippen LogP contribution in [0.25, 0.3) is 10.8 Å². The minimum absolute atomic E-state index is 0.0672. The molecule has 11 nitrogen and oxygen atoms in total. The fraction of sp³-hybridized carbons (Fsp3) is 0.531. The highest BCUT2D eigenvalue weighted by atomic mass is 16.6. The van der Waals surface area contributed by atoms with Crippen LogP contribution in [0.5, 0.6) is 5.88 Å². The van der Waals surface area contributed by atoms with Crippen molar-refractivity contribution >= 4 is 34.6 Å². The molecule has 0 bridgehead atoms. The monoisotopic (exact) mass is 592 g/mol. The fourth-order valence-electron chi connectivity index (χ4n) is 5.94. The summed E-state index contributed by atoms with van der Waals surface area (Å²) >= 11 is 0. The highest BCUT2D eigenvalue weighted by Crippen LogP contribution is 2.45. The summed E-state index contributed by atoms with van der Waals surface area (Å²) in [7, 11) is 0. The van der Waals surface area contributed by atoms with E-state index in [1.807, 2.05) is 42.5 Å². The third-order valence-corrected chi connectivity index (χ3v) is 8.23. The van der Waals surface area contributed by atoms with Crippen molar-refractivity contribution in [3.63, 3.8) is 0 Å². The Balaban J connectivity index is 1.44. The number of hydrogen-bond donors (Lipinski definition) is 3. The number of nitrogens with zero attached hydrogens (tertiary/aromatic N) is 2. The summed E-state index contributed by atoms with van der Waals surface area (Å²) in [5, 5.41) is 17.3. The first-order valence-electron chi connectivity index (χ1n) is 15.0. The van der Waals surface area contributed by atoms with Crippen LogP contribution in [0.1, 0.15) is 65.7 Å². The summed E-state index contributed by atoms with van der Waals surface area (Å²) < 4.78 is 11.7. The van der Waals surface area contributed by atoms with E-state index in [0.29, 0.717) is 18.7 Å². The number of fused-ring (bicyclic) bond motifs is 3. The molecule has 5 rings (SSSR count). The van der Waals surface area contributed by atoms with Crippen molar-refractivity contribution in [3.8, 4) is 5.88 Å². The molecule has 0 spiro atoms. The Labute approximate surface area is 251 Å². The van der Waals surface area contributed by atoms with Crippen molar-refractivity contribution in [1.82, 2.24) is 20.5 Å². The molecule has 2 fully saturated rings. The van der Waals surface area contributed by atoms with Crippen LogP contribution in [0.3, 0.4) is 0 Å². The second kappa shape index (κ2) is 12.2. The summed E-state index contributed by atoms with van der Waals surface area (Å²) in [6, 6.07) is 7.57. The van der Waals surface area contributed by atoms with Crippen LogP contribution in [0, 0.1) is 5.92 Å². The van der Waals surface area contributed by atoms with Gasteiger partial charge in [0.1, 0.15) is 29.3 Å². The van der Waals surface area contributed by atoms with E-state index in [1.54, 1.807) is 27.0 Å². The summed E-state index contributed by atoms with van der Waals surface area (Å²) in [6.07, 6.45) is 8.06. The summed E-state index contributed by atoms with van der Waals surface area (Å²) in [4.78, 5) is 58.8. The number of pyridine rings is 1. The van der Waals surface area contributed by atoms with Crippen LogP contribution in [-0.2, 0) is 19.1 Å². The zero-order chi connectivity index (χ0) is 30.8. The van der Waals surface area contributed by atoms with Gasteiger partial charge in [-0.15, -0.1) is 0 Å². The third-order valence-electron chi connectivity index (χ3n) is 8.23. The van der Waals surface area contributed by atoms with Crippen LogP contribution in [-0.4, -0.2) is 74.7 Å². The summed E-state index contributed by atoms with van der Waals surface area (Å²) in [5.41, 5.74) is -2.17. The average Bonchev–Trinajstić information content (AvgIpc) is 3.48. The first-order valence-corrected chi connectivity index (χ1v) is 15.0. The number of carboxylic acid groups (broad SMARTS) is 1. The van der Waals surface area contributed by atoms with Gasteiger partial charge in [-0.25, -0.2) is 14.6 Å². The molecule has 3 amide bonds. The largest absolute Gasteiger partial charge is 0.479 e. The molecule has 11 heteroatoms. The molecular formula is C32H40N4O7. The number of nitrogens with one attached hydrogen (secondary N) is 2. The van der Waals surface area contributed by atoms with Crippen LogP contribution < -0.4 is 15.4 Å². The lowest BCUT2D eigenvalue weighted by molar-refractivity contribution is -0.145. The van der Waals surface area contributed by atoms with E-state index in [1.165, 1.54) is 4.90 Å². The van der Waals surface area contributed by atoms with Crippen molar-refractivity contribution in [2.75, 3.05) is 6.54 Å². The molecule has 0 unspecified atom stereocenters. The number of carbonyl (C=O) groups excluding carboxylic acids is 3. The van der Waals surface area contributed by atoms with Crippen LogP contribution >= 0.6 is 0 Å². The first-order chi connectivity index (χ1) is 20.5. The molecule has 1 aliphatic carbocycles. The van der Waals surface area contributed by atoms with E-state index < -0.39 is 53.2 Å². The zero-order valence-corrected chi connectivity index (χ0v) is 24.9. The van der Waals surface area contributed by atoms with Gasteiger partial charge in [0.15, 0.2) is 0 Å². The molecule has 2 aliphatic heterocycles. The fourth-order valence-corrected chi connectivity index (χ4v) is 5.94. The molecule has 3 aliphatic rings. The van der Waals surface area contributed by atoms with Gasteiger partial charge in [-0.05, 0) is 64.0 Å². The number of ether oxygens (including phenoxy) is 2. The molecule has 1 saturated heterocycles. The molecule has 1 aromatic heterocycles. The van der Waals surface area contributed by atoms with Crippen molar-refractivity contribution < 1.29 is 33.8 Å². The van der Waals surface area contributed by atoms with E-state index >= 15 is 0 Å². The van der Waals surface area contributed by atoms with E-state index in [0.717, 1.165) is 30.0 Å². The molecule has 230 valence electrons. The van der Waals surface area contributed by atoms with Gasteiger partial charge in [0, 0.05) is 23.9 Å². The number of amides is 3. The van der Waals surface area contributed by atoms with Gasteiger partial charge in [0.2, 0.25) is 17.7 Å². The van der Waals surface area contributed by atoms with Crippen LogP contribution in [0.15, 0.2) is 48.7 Å². The van der Waals surface area contributed by atoms with E-state index in [9.17, 15) is 24.3 Å². The smallest absolute Gasteiger partial charge is 0.408 e. The molecular weight excluding hydrogens is 552 g/mol. The summed E-state index contributed by atoms with van der Waals surface area (Å²) in [5.74, 6) is -2.04. The topological polar surface area (TPSA) is 147 Å². The lowest BCUT2D eigenvalue weighted by Crippen LogP contribution is -2.56. The van der Waals surface area contributed by atoms with Gasteiger partial charge in [0.25, 0.3) is 0 Å². The normalized spacial score (nSPS) is 28.9. The van der Waals surface area contributed by atoms with Gasteiger partial charge in [-0.2, -0.15) is 0 Å². The highest BCUT2D eigenvalue weighted by molar-refractivity contribution is 5.96. The van der Waals surface area contributed by atoms with Gasteiger partial charge in [-0.3, -0.25) is 9.59 Å². The van der Waals surface area contributed by atoms with Crippen LogP contribution in [0.2, 0.25) is 0 Å². The Hall–Kier alpha value is -4.15. The number of aliphatic carboxylic acids is 1. The molecule has 2 aromatic rings. The Morgan fingerprint density at radius 2 is 1.93 bits per heavy atom. The van der Waals surface area contributed by atoms with E-state index in [-0.39, 0.29) is 25.3 Å². The Morgan fingerprint density at radius 3 is 2.70 bits per heavy atom. The number of benzene rings is 1. The lowest BCUT2D eigenvalue weighted by atomic mass is 10.0. The van der Waals surface area contributed by atoms with E-state index in [4.69, 9.17) is 9.47 Å². The minimum Gasteiger partial charge on any atom is -0.479 e. The van der Waals surface area contributed by atoms with Gasteiger partial charge >= 0.3 is 12.1 Å². The maximum Gasteiger partial charge on any atom is 0.408 e. The maximum absolute atomic E-state index is 14.1. The molecule has 3 heterocycles. The quantitative estimate of drug-likeness (QED) is 0.452. The Kier molecular flexibility index (Phi) is 8.62. The van der Waals surface area contributed by atoms with Crippen molar-refractivity contribution in [3.05, 3.63) is 48.7 Å². The summed E-state index contributed by atoms with van der Waals surface area (Å²) in [6.45, 7) is 5.29. The number of carboxylic acids is 1. The molecule has 1 saturated carbocycles. The maximum atomic E-state index is 14.1. The zero-order valence-electron chi connectivity index (χ0n) is 24.9. The predicted octanol–water partition coefficient (Wildman–Crippen LogP) is 3.96. The number of allylic oxidation sites excluding steroid dienone is 1. The molecule has 3 N–H and O–H groups in total. The van der Waals surface area contributed by atoms with Crippen LogP contribution in [0.4, 0.5) is 4.79 Å². The average molecular weight is 593 g/mol. The molecule has 1 aromatic carbocycles. The SMILES string of the molecule is CC(C)(C)OC(=O)N[C@H]1CCCCC/C=C\[C@@H]2C[C@@]2(C(=O)O)NC(=O)[C@@H]2C[C@@H](Oc3nccc4ccccc34)CN2C1=O. The third kappa shape index (κ3) is 6.92. The second-order valence-corrected chi connectivity index (χ2v) is 12.7. The van der Waals surface area contributed by atoms with Crippen molar-refractivity contribution in [2.45, 2.75) is 95.0 Å². The van der Waals surface area contributed by atoms with Gasteiger partial charge in [-0.1, -0.05) is 43.2 Å².